The molecule has 1 aromatic heterocycles. The molecule has 1 rings (SSSR count). The maximum Gasteiger partial charge on any atom is 0.292 e. The minimum absolute atomic E-state index is 0.0916. The van der Waals surface area contributed by atoms with E-state index >= 15 is 0 Å². The van der Waals surface area contributed by atoms with Crippen LogP contribution in [0.2, 0.25) is 0 Å². The Morgan fingerprint density at radius 2 is 2.07 bits per heavy atom. The summed E-state index contributed by atoms with van der Waals surface area (Å²) in [6.07, 6.45) is 1.07. The summed E-state index contributed by atoms with van der Waals surface area (Å²) >= 11 is 1.84. The first-order valence-electron chi connectivity index (χ1n) is 3.30. The summed E-state index contributed by atoms with van der Waals surface area (Å²) in [5.74, 6) is 0.233. The number of sulfonamides is 1. The van der Waals surface area contributed by atoms with Crippen molar-refractivity contribution in [3.05, 3.63) is 21.4 Å². The van der Waals surface area contributed by atoms with Crippen LogP contribution in [0.15, 0.2) is 12.3 Å². The van der Waals surface area contributed by atoms with Gasteiger partial charge in [0.25, 0.3) is 15.1 Å². The number of hydrogen-bond donors (Lipinski definition) is 2. The predicted molar refractivity (Wildman–Crippen MR) is 58.8 cm³/mol. The molecule has 6 nitrogen and oxygen atoms in total. The molecule has 0 saturated carbocycles. The van der Waals surface area contributed by atoms with Gasteiger partial charge in [-0.25, -0.2) is 18.5 Å². The van der Waals surface area contributed by atoms with Crippen LogP contribution >= 0.6 is 22.6 Å². The van der Waals surface area contributed by atoms with Crippen LogP contribution in [0.25, 0.3) is 0 Å². The van der Waals surface area contributed by atoms with E-state index in [2.05, 4.69) is 10.1 Å². The quantitative estimate of drug-likeness (QED) is 0.687. The lowest BCUT2D eigenvalue weighted by atomic mass is 10.3. The maximum atomic E-state index is 11.1. The van der Waals surface area contributed by atoms with E-state index in [9.17, 15) is 13.2 Å². The number of carbonyl (C=O) groups is 1. The van der Waals surface area contributed by atoms with Crippen molar-refractivity contribution < 1.29 is 13.2 Å². The van der Waals surface area contributed by atoms with E-state index in [1.807, 2.05) is 22.6 Å². The van der Waals surface area contributed by atoms with Gasteiger partial charge in [0.15, 0.2) is 0 Å². The van der Waals surface area contributed by atoms with E-state index in [1.54, 1.807) is 0 Å². The van der Waals surface area contributed by atoms with Crippen molar-refractivity contribution >= 4 is 43.5 Å². The monoisotopic (exact) mass is 327 g/mol. The molecule has 0 aliphatic heterocycles. The minimum atomic E-state index is -4.21. The molecule has 0 saturated heterocycles. The molecule has 0 spiro atoms. The molecule has 8 heteroatoms. The fourth-order valence-corrected chi connectivity index (χ4v) is 1.64. The normalized spacial score (nSPS) is 11.3. The number of aromatic nitrogens is 1. The van der Waals surface area contributed by atoms with Crippen molar-refractivity contribution in [2.45, 2.75) is 0 Å². The number of nitrogens with two attached hydrogens (primary N) is 2. The van der Waals surface area contributed by atoms with Crippen LogP contribution < -0.4 is 10.9 Å². The number of halogens is 1. The molecule has 0 amide bonds. The molecule has 14 heavy (non-hydrogen) atoms. The van der Waals surface area contributed by atoms with E-state index in [1.165, 1.54) is 6.07 Å². The molecule has 1 aromatic rings. The van der Waals surface area contributed by atoms with Gasteiger partial charge < -0.3 is 5.73 Å². The number of pyridine rings is 1. The Bertz CT molecular complexity index is 485. The number of primary sulfonamides is 1. The smallest absolute Gasteiger partial charge is 0.292 e. The Kier molecular flexibility index (Phi) is 3.07. The number of carbonyl (C=O) groups excluding carboxylic acids is 1. The Labute approximate surface area is 93.9 Å². The topological polar surface area (TPSA) is 116 Å². The van der Waals surface area contributed by atoms with Gasteiger partial charge in [0.2, 0.25) is 0 Å². The van der Waals surface area contributed by atoms with Crippen molar-refractivity contribution in [1.82, 2.24) is 4.98 Å². The average molecular weight is 327 g/mol. The SMILES string of the molecule is Nc1ncc(C(=O)S(N)(=O)=O)cc1I. The summed E-state index contributed by atoms with van der Waals surface area (Å²) in [6.45, 7) is 0. The molecular weight excluding hydrogens is 321 g/mol. The highest BCUT2D eigenvalue weighted by Crippen LogP contribution is 2.14. The van der Waals surface area contributed by atoms with Gasteiger partial charge in [0, 0.05) is 6.20 Å². The van der Waals surface area contributed by atoms with Crippen LogP contribution in [0.5, 0.6) is 0 Å². The fraction of sp³-hybridized carbons (Fsp3) is 0. The van der Waals surface area contributed by atoms with Crippen molar-refractivity contribution in [2.75, 3.05) is 5.73 Å². The van der Waals surface area contributed by atoms with Crippen LogP contribution in [0.4, 0.5) is 5.82 Å². The number of rotatable bonds is 1. The van der Waals surface area contributed by atoms with Crippen molar-refractivity contribution in [1.29, 1.82) is 0 Å². The molecule has 76 valence electrons. The van der Waals surface area contributed by atoms with Gasteiger partial charge >= 0.3 is 0 Å². The minimum Gasteiger partial charge on any atom is -0.383 e. The summed E-state index contributed by atoms with van der Waals surface area (Å²) in [6, 6.07) is 1.32. The number of hydrogen-bond acceptors (Lipinski definition) is 5. The maximum absolute atomic E-state index is 11.1. The number of nitrogens with zero attached hydrogens (tertiary/aromatic N) is 1. The Morgan fingerprint density at radius 3 is 2.50 bits per heavy atom. The van der Waals surface area contributed by atoms with Crippen molar-refractivity contribution in [2.24, 2.45) is 5.14 Å². The van der Waals surface area contributed by atoms with E-state index in [-0.39, 0.29) is 11.4 Å². The second-order valence-electron chi connectivity index (χ2n) is 2.42. The van der Waals surface area contributed by atoms with Gasteiger partial charge in [-0.15, -0.1) is 0 Å². The lowest BCUT2D eigenvalue weighted by Crippen LogP contribution is -2.23. The number of nitrogen functional groups attached to an aromatic ring is 1. The first-order chi connectivity index (χ1) is 6.32. The molecule has 0 unspecified atom stereocenters. The van der Waals surface area contributed by atoms with Gasteiger partial charge in [-0.1, -0.05) is 0 Å². The largest absolute Gasteiger partial charge is 0.383 e. The highest BCUT2D eigenvalue weighted by Gasteiger charge is 2.19. The van der Waals surface area contributed by atoms with Gasteiger partial charge in [-0.3, -0.25) is 4.79 Å². The summed E-state index contributed by atoms with van der Waals surface area (Å²) in [7, 11) is -4.21. The summed E-state index contributed by atoms with van der Waals surface area (Å²) in [4.78, 5) is 14.8. The Morgan fingerprint density at radius 1 is 1.50 bits per heavy atom. The molecule has 0 bridgehead atoms. The van der Waals surface area contributed by atoms with Gasteiger partial charge in [0.05, 0.1) is 9.13 Å². The lowest BCUT2D eigenvalue weighted by molar-refractivity contribution is 0.107. The first kappa shape index (κ1) is 11.3. The molecule has 0 radical (unpaired) electrons. The Balaban J connectivity index is 3.23. The lowest BCUT2D eigenvalue weighted by Gasteiger charge is -2.00. The van der Waals surface area contributed by atoms with E-state index in [0.29, 0.717) is 3.57 Å². The van der Waals surface area contributed by atoms with Gasteiger partial charge in [-0.2, -0.15) is 0 Å². The summed E-state index contributed by atoms with van der Waals surface area (Å²) < 4.78 is 21.9. The zero-order chi connectivity index (χ0) is 10.9. The molecule has 0 fully saturated rings. The van der Waals surface area contributed by atoms with Crippen LogP contribution in [-0.4, -0.2) is 18.5 Å². The third-order valence-electron chi connectivity index (χ3n) is 1.36. The fourth-order valence-electron chi connectivity index (χ4n) is 0.724. The molecule has 0 aliphatic carbocycles. The second-order valence-corrected chi connectivity index (χ2v) is 5.05. The zero-order valence-corrected chi connectivity index (χ0v) is 9.74. The molecule has 4 N–H and O–H groups in total. The molecule has 0 aliphatic rings. The van der Waals surface area contributed by atoms with Gasteiger partial charge in [0.1, 0.15) is 5.82 Å². The third kappa shape index (κ3) is 2.39. The van der Waals surface area contributed by atoms with Crippen molar-refractivity contribution in [3.8, 4) is 0 Å². The van der Waals surface area contributed by atoms with Crippen molar-refractivity contribution in [3.63, 3.8) is 0 Å². The second kappa shape index (κ2) is 3.79. The molecule has 1 heterocycles. The van der Waals surface area contributed by atoms with Gasteiger partial charge in [-0.05, 0) is 28.7 Å². The van der Waals surface area contributed by atoms with Crippen LogP contribution in [0.1, 0.15) is 10.4 Å². The standard InChI is InChI=1S/C6H6IN3O3S/c7-4-1-3(2-10-5(4)8)6(11)14(9,12)13/h1-2H,(H2,8,10)(H2,9,12,13). The van der Waals surface area contributed by atoms with Crippen LogP contribution in [0.3, 0.4) is 0 Å². The number of anilines is 1. The zero-order valence-electron chi connectivity index (χ0n) is 6.77. The first-order valence-corrected chi connectivity index (χ1v) is 5.93. The summed E-state index contributed by atoms with van der Waals surface area (Å²) in [5, 5.41) is 3.50. The highest BCUT2D eigenvalue weighted by molar-refractivity contribution is 14.1. The third-order valence-corrected chi connectivity index (χ3v) is 2.98. The highest BCUT2D eigenvalue weighted by atomic mass is 127. The average Bonchev–Trinajstić information content (AvgIpc) is 2.07. The summed E-state index contributed by atoms with van der Waals surface area (Å²) in [5.41, 5.74) is 5.30. The molecule has 0 atom stereocenters. The Hall–Kier alpha value is -0.740. The molecule has 0 aromatic carbocycles. The molecular formula is C6H6IN3O3S. The van der Waals surface area contributed by atoms with E-state index < -0.39 is 15.1 Å². The predicted octanol–water partition coefficient (Wildman–Crippen LogP) is -0.303. The van der Waals surface area contributed by atoms with Crippen LogP contribution in [-0.2, 0) is 10.0 Å². The van der Waals surface area contributed by atoms with Crippen LogP contribution in [0, 0.1) is 3.57 Å². The van der Waals surface area contributed by atoms with E-state index in [0.717, 1.165) is 6.20 Å². The van der Waals surface area contributed by atoms with E-state index in [4.69, 9.17) is 5.73 Å².